The molecule has 23 heavy (non-hydrogen) atoms. The van der Waals surface area contributed by atoms with E-state index in [4.69, 9.17) is 22.1 Å². The summed E-state index contributed by atoms with van der Waals surface area (Å²) in [6, 6.07) is 1.91. The number of pyridine rings is 1. The molecule has 2 aromatic heterocycles. The summed E-state index contributed by atoms with van der Waals surface area (Å²) in [5, 5.41) is 0.893. The second-order valence-electron chi connectivity index (χ2n) is 5.87. The molecule has 3 heterocycles. The highest BCUT2D eigenvalue weighted by Crippen LogP contribution is 2.49. The largest absolute Gasteiger partial charge is 0.486 e. The molecule has 1 fully saturated rings. The van der Waals surface area contributed by atoms with Gasteiger partial charge in [-0.1, -0.05) is 23.4 Å². The third-order valence-corrected chi connectivity index (χ3v) is 5.82. The van der Waals surface area contributed by atoms with Gasteiger partial charge in [0.2, 0.25) is 0 Å². The van der Waals surface area contributed by atoms with Gasteiger partial charge in [0.05, 0.1) is 16.6 Å². The number of rotatable bonds is 2. The number of likely N-dealkylation sites (N-methyl/N-ethyl adjacent to an activating group) is 1. The predicted octanol–water partition coefficient (Wildman–Crippen LogP) is 3.01. The van der Waals surface area contributed by atoms with E-state index in [2.05, 4.69) is 26.9 Å². The normalized spacial score (nSPS) is 18.3. The Kier molecular flexibility index (Phi) is 3.50. The average Bonchev–Trinajstić information content (AvgIpc) is 2.49. The topological polar surface area (TPSA) is 77.2 Å². The number of aromatic nitrogens is 3. The summed E-state index contributed by atoms with van der Waals surface area (Å²) in [4.78, 5) is 16.0. The van der Waals surface area contributed by atoms with Crippen molar-refractivity contribution in [1.29, 1.82) is 0 Å². The molecule has 1 saturated carbocycles. The molecule has 0 unspecified atom stereocenters. The zero-order chi connectivity index (χ0) is 16.0. The summed E-state index contributed by atoms with van der Waals surface area (Å²) in [6.45, 7) is 0.692. The Labute approximate surface area is 143 Å². The lowest BCUT2D eigenvalue weighted by molar-refractivity contribution is 0.116. The van der Waals surface area contributed by atoms with E-state index in [-0.39, 0.29) is 10.7 Å². The van der Waals surface area contributed by atoms with E-state index in [9.17, 15) is 0 Å². The fraction of sp³-hybridized carbons (Fsp3) is 0.400. The molecule has 120 valence electrons. The molecule has 2 aromatic rings. The van der Waals surface area contributed by atoms with Crippen molar-refractivity contribution in [2.45, 2.75) is 34.7 Å². The van der Waals surface area contributed by atoms with Crippen molar-refractivity contribution >= 4 is 35.0 Å². The SMILES string of the molecule is CN1c2nccc(Sc3ncc(Cl)nc3N)c2OCC12CCC2. The second kappa shape index (κ2) is 5.42. The molecule has 8 heteroatoms. The molecule has 0 aromatic carbocycles. The number of nitrogens with two attached hydrogens (primary N) is 1. The van der Waals surface area contributed by atoms with Gasteiger partial charge in [0.25, 0.3) is 0 Å². The van der Waals surface area contributed by atoms with Crippen LogP contribution in [0.15, 0.2) is 28.4 Å². The van der Waals surface area contributed by atoms with E-state index < -0.39 is 0 Å². The van der Waals surface area contributed by atoms with Crippen LogP contribution in [0.5, 0.6) is 5.75 Å². The van der Waals surface area contributed by atoms with Gasteiger partial charge in [-0.3, -0.25) is 0 Å². The van der Waals surface area contributed by atoms with Crippen LogP contribution >= 0.6 is 23.4 Å². The minimum Gasteiger partial charge on any atom is -0.486 e. The standard InChI is InChI=1S/C15H16ClN5OS/c1-21-13-11(22-8-15(21)4-2-5-15)9(3-6-18-13)23-14-12(17)20-10(16)7-19-14/h3,6-7H,2,4-5,8H2,1H3,(H2,17,20). The number of fused-ring (bicyclic) bond motifs is 1. The van der Waals surface area contributed by atoms with Crippen LogP contribution in [0.4, 0.5) is 11.6 Å². The molecule has 0 atom stereocenters. The monoisotopic (exact) mass is 349 g/mol. The summed E-state index contributed by atoms with van der Waals surface area (Å²) in [7, 11) is 2.10. The van der Waals surface area contributed by atoms with Crippen molar-refractivity contribution < 1.29 is 4.74 Å². The molecular weight excluding hydrogens is 334 g/mol. The van der Waals surface area contributed by atoms with Crippen molar-refractivity contribution in [2.75, 3.05) is 24.3 Å². The Morgan fingerprint density at radius 3 is 2.91 bits per heavy atom. The molecular formula is C15H16ClN5OS. The van der Waals surface area contributed by atoms with Gasteiger partial charge in [-0.05, 0) is 25.3 Å². The zero-order valence-electron chi connectivity index (χ0n) is 12.6. The molecule has 0 amide bonds. The molecule has 2 N–H and O–H groups in total. The number of nitrogens with zero attached hydrogens (tertiary/aromatic N) is 4. The van der Waals surface area contributed by atoms with Crippen LogP contribution in [0, 0.1) is 0 Å². The van der Waals surface area contributed by atoms with Gasteiger partial charge in [0, 0.05) is 13.2 Å². The van der Waals surface area contributed by atoms with Crippen LogP contribution in [0.2, 0.25) is 5.15 Å². The van der Waals surface area contributed by atoms with Gasteiger partial charge in [0.15, 0.2) is 17.4 Å². The quantitative estimate of drug-likeness (QED) is 0.892. The summed E-state index contributed by atoms with van der Waals surface area (Å²) in [5.74, 6) is 1.97. The molecule has 1 aliphatic heterocycles. The zero-order valence-corrected chi connectivity index (χ0v) is 14.2. The Balaban J connectivity index is 1.69. The van der Waals surface area contributed by atoms with E-state index in [0.717, 1.165) is 29.3 Å². The van der Waals surface area contributed by atoms with Crippen molar-refractivity contribution in [3.8, 4) is 5.75 Å². The minimum absolute atomic E-state index is 0.113. The summed E-state index contributed by atoms with van der Waals surface area (Å²) in [5.41, 5.74) is 6.01. The molecule has 4 rings (SSSR count). The van der Waals surface area contributed by atoms with Crippen LogP contribution in [-0.4, -0.2) is 34.1 Å². The first-order valence-electron chi connectivity index (χ1n) is 7.41. The third kappa shape index (κ3) is 2.38. The minimum atomic E-state index is 0.113. The van der Waals surface area contributed by atoms with Gasteiger partial charge < -0.3 is 15.4 Å². The fourth-order valence-electron chi connectivity index (χ4n) is 3.02. The number of anilines is 2. The number of ether oxygens (including phenoxy) is 1. The van der Waals surface area contributed by atoms with Gasteiger partial charge in [-0.15, -0.1) is 0 Å². The highest BCUT2D eigenvalue weighted by atomic mass is 35.5. The molecule has 6 nitrogen and oxygen atoms in total. The maximum Gasteiger partial charge on any atom is 0.175 e. The lowest BCUT2D eigenvalue weighted by Crippen LogP contribution is -2.58. The second-order valence-corrected chi connectivity index (χ2v) is 7.29. The van der Waals surface area contributed by atoms with Crippen LogP contribution in [0.1, 0.15) is 19.3 Å². The predicted molar refractivity (Wildman–Crippen MR) is 90.3 cm³/mol. The fourth-order valence-corrected chi connectivity index (χ4v) is 4.00. The smallest absolute Gasteiger partial charge is 0.175 e. The first-order valence-corrected chi connectivity index (χ1v) is 8.60. The molecule has 1 spiro atoms. The van der Waals surface area contributed by atoms with Crippen molar-refractivity contribution in [2.24, 2.45) is 0 Å². The Bertz CT molecular complexity index is 768. The van der Waals surface area contributed by atoms with Crippen LogP contribution in [0.3, 0.4) is 0 Å². The Hall–Kier alpha value is -1.73. The van der Waals surface area contributed by atoms with E-state index in [1.165, 1.54) is 24.4 Å². The lowest BCUT2D eigenvalue weighted by atomic mass is 9.75. The maximum atomic E-state index is 6.08. The van der Waals surface area contributed by atoms with Crippen molar-refractivity contribution in [3.05, 3.63) is 23.6 Å². The number of hydrogen-bond donors (Lipinski definition) is 1. The molecule has 2 aliphatic rings. The molecule has 0 saturated heterocycles. The maximum absolute atomic E-state index is 6.08. The highest BCUT2D eigenvalue weighted by molar-refractivity contribution is 7.99. The van der Waals surface area contributed by atoms with Gasteiger partial charge in [-0.25, -0.2) is 15.0 Å². The summed E-state index contributed by atoms with van der Waals surface area (Å²) < 4.78 is 6.08. The van der Waals surface area contributed by atoms with Crippen molar-refractivity contribution in [3.63, 3.8) is 0 Å². The summed E-state index contributed by atoms with van der Waals surface area (Å²) >= 11 is 7.22. The van der Waals surface area contributed by atoms with E-state index in [0.29, 0.717) is 17.5 Å². The highest BCUT2D eigenvalue weighted by Gasteiger charge is 2.46. The summed E-state index contributed by atoms with van der Waals surface area (Å²) in [6.07, 6.45) is 6.83. The van der Waals surface area contributed by atoms with Gasteiger partial charge in [0.1, 0.15) is 16.8 Å². The van der Waals surface area contributed by atoms with Crippen LogP contribution in [-0.2, 0) is 0 Å². The first-order chi connectivity index (χ1) is 11.1. The third-order valence-electron chi connectivity index (χ3n) is 4.59. The molecule has 0 bridgehead atoms. The molecule has 0 radical (unpaired) electrons. The Morgan fingerprint density at radius 2 is 2.22 bits per heavy atom. The lowest BCUT2D eigenvalue weighted by Gasteiger charge is -2.51. The van der Waals surface area contributed by atoms with E-state index >= 15 is 0 Å². The number of hydrogen-bond acceptors (Lipinski definition) is 7. The Morgan fingerprint density at radius 1 is 1.39 bits per heavy atom. The van der Waals surface area contributed by atoms with Gasteiger partial charge in [-0.2, -0.15) is 0 Å². The number of halogens is 1. The van der Waals surface area contributed by atoms with E-state index in [1.54, 1.807) is 6.20 Å². The van der Waals surface area contributed by atoms with Crippen LogP contribution in [0.25, 0.3) is 0 Å². The van der Waals surface area contributed by atoms with Crippen molar-refractivity contribution in [1.82, 2.24) is 15.0 Å². The first kappa shape index (κ1) is 14.8. The van der Waals surface area contributed by atoms with E-state index in [1.807, 2.05) is 6.07 Å². The van der Waals surface area contributed by atoms with Gasteiger partial charge >= 0.3 is 0 Å². The number of nitrogen functional groups attached to an aromatic ring is 1. The molecule has 1 aliphatic carbocycles. The average molecular weight is 350 g/mol. The van der Waals surface area contributed by atoms with Crippen LogP contribution < -0.4 is 15.4 Å².